The molecule has 3 nitrogen and oxygen atoms in total. The van der Waals surface area contributed by atoms with Crippen molar-refractivity contribution in [1.82, 2.24) is 0 Å². The average molecular weight is 190 g/mol. The van der Waals surface area contributed by atoms with Gasteiger partial charge < -0.3 is 5.11 Å². The Balaban J connectivity index is 3.08. The van der Waals surface area contributed by atoms with Crippen LogP contribution in [0.3, 0.4) is 0 Å². The molecule has 1 aromatic rings. The third kappa shape index (κ3) is 1.94. The number of phenols is 1. The molecule has 1 N–H and O–H groups in total. The summed E-state index contributed by atoms with van der Waals surface area (Å²) in [6.45, 7) is 0. The molecule has 12 heavy (non-hydrogen) atoms. The van der Waals surface area contributed by atoms with Crippen LogP contribution in [0.1, 0.15) is 5.56 Å². The van der Waals surface area contributed by atoms with Gasteiger partial charge in [0.15, 0.2) is 11.6 Å². The van der Waals surface area contributed by atoms with Gasteiger partial charge in [-0.15, -0.1) is 0 Å². The SMILES string of the molecule is O=[SH](=O)Cc1cccc(F)c1O. The van der Waals surface area contributed by atoms with Gasteiger partial charge >= 0.3 is 0 Å². The maximum absolute atomic E-state index is 12.6. The van der Waals surface area contributed by atoms with Gasteiger partial charge in [0, 0.05) is 5.56 Å². The molecule has 0 atom stereocenters. The summed E-state index contributed by atoms with van der Waals surface area (Å²) in [4.78, 5) is 0. The maximum Gasteiger partial charge on any atom is 0.165 e. The van der Waals surface area contributed by atoms with Gasteiger partial charge in [-0.3, -0.25) is 0 Å². The fourth-order valence-electron chi connectivity index (χ4n) is 0.827. The zero-order valence-electron chi connectivity index (χ0n) is 6.03. The van der Waals surface area contributed by atoms with E-state index in [1.807, 2.05) is 0 Å². The zero-order valence-corrected chi connectivity index (χ0v) is 6.92. The highest BCUT2D eigenvalue weighted by Gasteiger charge is 2.06. The Morgan fingerprint density at radius 3 is 2.67 bits per heavy atom. The summed E-state index contributed by atoms with van der Waals surface area (Å²) in [7, 11) is -2.63. The van der Waals surface area contributed by atoms with E-state index in [0.29, 0.717) is 0 Å². The van der Waals surface area contributed by atoms with Gasteiger partial charge in [-0.25, -0.2) is 12.8 Å². The molecular weight excluding hydrogens is 183 g/mol. The largest absolute Gasteiger partial charge is 0.505 e. The number of benzene rings is 1. The van der Waals surface area contributed by atoms with E-state index in [4.69, 9.17) is 5.11 Å². The van der Waals surface area contributed by atoms with E-state index in [0.717, 1.165) is 6.07 Å². The van der Waals surface area contributed by atoms with E-state index < -0.39 is 22.3 Å². The second kappa shape index (κ2) is 3.53. The minimum atomic E-state index is -2.63. The number of phenolic OH excluding ortho intramolecular Hbond substituents is 1. The first-order valence-electron chi connectivity index (χ1n) is 3.19. The van der Waals surface area contributed by atoms with Crippen LogP contribution in [0, 0.1) is 5.82 Å². The van der Waals surface area contributed by atoms with Gasteiger partial charge in [-0.05, 0) is 6.07 Å². The molecule has 0 saturated heterocycles. The molecule has 0 amide bonds. The number of para-hydroxylation sites is 1. The van der Waals surface area contributed by atoms with Gasteiger partial charge in [0.1, 0.15) is 10.7 Å². The highest BCUT2D eigenvalue weighted by molar-refractivity contribution is 7.71. The van der Waals surface area contributed by atoms with Crippen molar-refractivity contribution in [3.63, 3.8) is 0 Å². The van der Waals surface area contributed by atoms with E-state index in [-0.39, 0.29) is 11.3 Å². The summed E-state index contributed by atoms with van der Waals surface area (Å²) < 4.78 is 33.1. The first kappa shape index (κ1) is 8.99. The van der Waals surface area contributed by atoms with Crippen LogP contribution in [0.25, 0.3) is 0 Å². The van der Waals surface area contributed by atoms with Crippen LogP contribution in [-0.2, 0) is 16.5 Å². The van der Waals surface area contributed by atoms with Crippen LogP contribution >= 0.6 is 0 Å². The second-order valence-corrected chi connectivity index (χ2v) is 3.22. The third-order valence-corrected chi connectivity index (χ3v) is 1.97. The molecule has 0 unspecified atom stereocenters. The van der Waals surface area contributed by atoms with Gasteiger partial charge in [-0.1, -0.05) is 12.1 Å². The van der Waals surface area contributed by atoms with Gasteiger partial charge in [0.25, 0.3) is 0 Å². The fourth-order valence-corrected chi connectivity index (χ4v) is 1.36. The molecule has 5 heteroatoms. The molecule has 0 aliphatic rings. The third-order valence-electron chi connectivity index (χ3n) is 1.37. The van der Waals surface area contributed by atoms with Crippen molar-refractivity contribution in [2.75, 3.05) is 0 Å². The lowest BCUT2D eigenvalue weighted by atomic mass is 10.2. The van der Waals surface area contributed by atoms with Gasteiger partial charge in [-0.2, -0.15) is 0 Å². The Labute approximate surface area is 70.4 Å². The molecule has 0 heterocycles. The lowest BCUT2D eigenvalue weighted by molar-refractivity contribution is 0.427. The predicted octanol–water partition coefficient (Wildman–Crippen LogP) is 0.643. The molecule has 0 fully saturated rings. The number of halogens is 1. The molecule has 1 rings (SSSR count). The van der Waals surface area contributed by atoms with Gasteiger partial charge in [0.2, 0.25) is 0 Å². The molecule has 0 spiro atoms. The van der Waals surface area contributed by atoms with Crippen molar-refractivity contribution in [3.05, 3.63) is 29.6 Å². The Bertz CT molecular complexity index is 352. The standard InChI is InChI=1S/C7H7FO3S/c8-6-3-1-2-5(7(6)9)4-12(10)11/h1-3,9,12H,4H2. The van der Waals surface area contributed by atoms with Crippen molar-refractivity contribution < 1.29 is 17.9 Å². The number of hydrogen-bond donors (Lipinski definition) is 2. The zero-order chi connectivity index (χ0) is 9.14. The maximum atomic E-state index is 12.6. The van der Waals surface area contributed by atoms with E-state index in [2.05, 4.69) is 0 Å². The minimum Gasteiger partial charge on any atom is -0.505 e. The first-order valence-corrected chi connectivity index (χ1v) is 4.55. The molecule has 0 aliphatic heterocycles. The van der Waals surface area contributed by atoms with Crippen LogP contribution in [0.15, 0.2) is 18.2 Å². The number of rotatable bonds is 2. The predicted molar refractivity (Wildman–Crippen MR) is 42.1 cm³/mol. The molecule has 66 valence electrons. The monoisotopic (exact) mass is 190 g/mol. The molecule has 0 bridgehead atoms. The van der Waals surface area contributed by atoms with Crippen molar-refractivity contribution in [2.45, 2.75) is 5.75 Å². The summed E-state index contributed by atoms with van der Waals surface area (Å²) in [5.74, 6) is -1.72. The highest BCUT2D eigenvalue weighted by atomic mass is 32.2. The lowest BCUT2D eigenvalue weighted by Gasteiger charge is -1.99. The molecule has 1 aromatic carbocycles. The van der Waals surface area contributed by atoms with E-state index in [1.165, 1.54) is 12.1 Å². The summed E-state index contributed by atoms with van der Waals surface area (Å²) >= 11 is 0. The van der Waals surface area contributed by atoms with Crippen LogP contribution < -0.4 is 0 Å². The topological polar surface area (TPSA) is 54.4 Å². The minimum absolute atomic E-state index is 0.0890. The van der Waals surface area contributed by atoms with Crippen molar-refractivity contribution >= 4 is 10.7 Å². The molecule has 0 radical (unpaired) electrons. The number of hydrogen-bond acceptors (Lipinski definition) is 3. The summed E-state index contributed by atoms with van der Waals surface area (Å²) in [5.41, 5.74) is 0.0890. The number of aromatic hydroxyl groups is 1. The Morgan fingerprint density at radius 1 is 1.42 bits per heavy atom. The average Bonchev–Trinajstić information content (AvgIpc) is 1.98. The highest BCUT2D eigenvalue weighted by Crippen LogP contribution is 2.20. The van der Waals surface area contributed by atoms with Crippen molar-refractivity contribution in [2.24, 2.45) is 0 Å². The Kier molecular flexibility index (Phi) is 2.65. The lowest BCUT2D eigenvalue weighted by Crippen LogP contribution is -1.89. The van der Waals surface area contributed by atoms with E-state index in [1.54, 1.807) is 0 Å². The van der Waals surface area contributed by atoms with Crippen LogP contribution in [-0.4, -0.2) is 13.5 Å². The quantitative estimate of drug-likeness (QED) is 0.673. The normalized spacial score (nSPS) is 10.5. The fraction of sp³-hybridized carbons (Fsp3) is 0.143. The summed E-state index contributed by atoms with van der Waals surface area (Å²) in [5, 5.41) is 9.00. The van der Waals surface area contributed by atoms with Crippen LogP contribution in [0.5, 0.6) is 5.75 Å². The van der Waals surface area contributed by atoms with Gasteiger partial charge in [0.05, 0.1) is 5.75 Å². The smallest absolute Gasteiger partial charge is 0.165 e. The second-order valence-electron chi connectivity index (χ2n) is 2.24. The van der Waals surface area contributed by atoms with Crippen LogP contribution in [0.2, 0.25) is 0 Å². The van der Waals surface area contributed by atoms with E-state index >= 15 is 0 Å². The summed E-state index contributed by atoms with van der Waals surface area (Å²) in [6, 6.07) is 3.78. The van der Waals surface area contributed by atoms with Crippen molar-refractivity contribution in [1.29, 1.82) is 0 Å². The molecule has 0 aliphatic carbocycles. The van der Waals surface area contributed by atoms with E-state index in [9.17, 15) is 12.8 Å². The van der Waals surface area contributed by atoms with Crippen molar-refractivity contribution in [3.8, 4) is 5.75 Å². The Hall–Kier alpha value is -1.10. The summed E-state index contributed by atoms with van der Waals surface area (Å²) in [6.07, 6.45) is 0. The Morgan fingerprint density at radius 2 is 2.08 bits per heavy atom. The molecular formula is C7H7FO3S. The molecule has 0 aromatic heterocycles. The first-order chi connectivity index (χ1) is 5.61. The molecule has 0 saturated carbocycles. The van der Waals surface area contributed by atoms with Crippen LogP contribution in [0.4, 0.5) is 4.39 Å². The number of thiol groups is 1.